The van der Waals surface area contributed by atoms with Crippen LogP contribution in [0.5, 0.6) is 0 Å². The summed E-state index contributed by atoms with van der Waals surface area (Å²) in [4.78, 5) is 45.1. The van der Waals surface area contributed by atoms with E-state index in [1.807, 2.05) is 21.1 Å². The molecule has 0 aromatic carbocycles. The lowest BCUT2D eigenvalue weighted by molar-refractivity contribution is -0.870. The molecular weight excluding hydrogens is 579 g/mol. The van der Waals surface area contributed by atoms with Gasteiger partial charge in [0.1, 0.15) is 26.2 Å². The Bertz CT molecular complexity index is 860. The molecule has 0 aliphatic carbocycles. The van der Waals surface area contributed by atoms with Crippen molar-refractivity contribution in [2.75, 3.05) is 47.5 Å². The van der Waals surface area contributed by atoms with Crippen molar-refractivity contribution in [1.82, 2.24) is 0 Å². The van der Waals surface area contributed by atoms with E-state index in [0.29, 0.717) is 23.9 Å². The zero-order valence-corrected chi connectivity index (χ0v) is 28.2. The summed E-state index contributed by atoms with van der Waals surface area (Å²) in [6.45, 7) is 3.30. The van der Waals surface area contributed by atoms with Crippen LogP contribution in [0.4, 0.5) is 0 Å². The van der Waals surface area contributed by atoms with E-state index in [-0.39, 0.29) is 18.7 Å². The molecule has 0 rings (SSSR count). The number of hydrogen-bond acceptors (Lipinski definition) is 9. The second-order valence-electron chi connectivity index (χ2n) is 11.9. The molecule has 0 spiro atoms. The molecule has 13 heteroatoms. The lowest BCUT2D eigenvalue weighted by atomic mass is 10.0. The number of nitro groups is 1. The average molecular weight is 638 g/mol. The summed E-state index contributed by atoms with van der Waals surface area (Å²) >= 11 is 0. The van der Waals surface area contributed by atoms with Gasteiger partial charge in [-0.05, 0) is 18.9 Å². The molecule has 252 valence electrons. The molecule has 1 N–H and O–H groups in total. The summed E-state index contributed by atoms with van der Waals surface area (Å²) in [5, 5.41) is 11.1. The van der Waals surface area contributed by atoms with Gasteiger partial charge in [0.25, 0.3) is 5.70 Å². The summed E-state index contributed by atoms with van der Waals surface area (Å²) in [5.41, 5.74) is -0.301. The maximum atomic E-state index is 12.5. The monoisotopic (exact) mass is 637 g/mol. The van der Waals surface area contributed by atoms with Gasteiger partial charge in [0.05, 0.1) is 32.7 Å². The maximum Gasteiger partial charge on any atom is 0.472 e. The quantitative estimate of drug-likeness (QED) is 0.0244. The van der Waals surface area contributed by atoms with Gasteiger partial charge in [0, 0.05) is 6.42 Å². The SMILES string of the molecule is CCC=C(CC(=O)OCC(COP(=O)(O)OCC[N+](C)(C)C)OC(=O)CCCCCCCCCCCCCCC)[N+](=O)[O-]. The fourth-order valence-corrected chi connectivity index (χ4v) is 4.87. The van der Waals surface area contributed by atoms with Crippen molar-refractivity contribution in [1.29, 1.82) is 0 Å². The number of ether oxygens (including phenoxy) is 2. The molecule has 43 heavy (non-hydrogen) atoms. The minimum Gasteiger partial charge on any atom is -0.461 e. The summed E-state index contributed by atoms with van der Waals surface area (Å²) in [6, 6.07) is 0. The van der Waals surface area contributed by atoms with Crippen LogP contribution in [0.2, 0.25) is 0 Å². The highest BCUT2D eigenvalue weighted by Crippen LogP contribution is 2.43. The first kappa shape index (κ1) is 41.1. The van der Waals surface area contributed by atoms with Gasteiger partial charge >= 0.3 is 19.8 Å². The third-order valence-corrected chi connectivity index (χ3v) is 7.64. The van der Waals surface area contributed by atoms with Gasteiger partial charge in [0.2, 0.25) is 0 Å². The van der Waals surface area contributed by atoms with Crippen LogP contribution in [0.3, 0.4) is 0 Å². The smallest absolute Gasteiger partial charge is 0.461 e. The first-order chi connectivity index (χ1) is 20.3. The molecule has 0 saturated carbocycles. The van der Waals surface area contributed by atoms with Crippen LogP contribution >= 0.6 is 7.82 Å². The summed E-state index contributed by atoms with van der Waals surface area (Å²) < 4.78 is 33.3. The second-order valence-corrected chi connectivity index (χ2v) is 13.4. The molecule has 12 nitrogen and oxygen atoms in total. The van der Waals surface area contributed by atoms with E-state index in [9.17, 15) is 29.2 Å². The molecule has 0 amide bonds. The van der Waals surface area contributed by atoms with Crippen molar-refractivity contribution in [2.45, 2.75) is 123 Å². The fraction of sp³-hybridized carbons (Fsp3) is 0.867. The van der Waals surface area contributed by atoms with Crippen molar-refractivity contribution in [3.05, 3.63) is 21.9 Å². The van der Waals surface area contributed by atoms with Gasteiger partial charge in [-0.15, -0.1) is 0 Å². The van der Waals surface area contributed by atoms with Crippen LogP contribution in [0.25, 0.3) is 0 Å². The summed E-state index contributed by atoms with van der Waals surface area (Å²) in [7, 11) is 1.23. The summed E-state index contributed by atoms with van der Waals surface area (Å²) in [6.07, 6.45) is 15.3. The van der Waals surface area contributed by atoms with Gasteiger partial charge in [-0.2, -0.15) is 0 Å². The Balaban J connectivity index is 4.63. The standard InChI is InChI=1S/C30H57N2O10P/c1-6-8-9-10-11-12-13-14-15-16-17-18-19-21-29(33)42-28(25-39-30(34)24-27(20-7-2)31(35)36)26-41-43(37,38)40-23-22-32(3,4)5/h20,28H,6-19,21-26H2,1-5H3/p+1. The zero-order chi connectivity index (χ0) is 32.6. The molecule has 0 bridgehead atoms. The van der Waals surface area contributed by atoms with Gasteiger partial charge in [-0.1, -0.05) is 90.9 Å². The average Bonchev–Trinajstić information content (AvgIpc) is 2.91. The number of quaternary nitrogens is 1. The molecule has 0 aliphatic rings. The molecule has 0 aromatic rings. The first-order valence-electron chi connectivity index (χ1n) is 15.9. The molecule has 2 unspecified atom stereocenters. The number of nitrogens with zero attached hydrogens (tertiary/aromatic N) is 2. The van der Waals surface area contributed by atoms with Crippen LogP contribution in [0, 0.1) is 10.1 Å². The third kappa shape index (κ3) is 26.3. The number of phosphoric acid groups is 1. The Labute approximate surface area is 258 Å². The maximum absolute atomic E-state index is 12.5. The Hall–Kier alpha value is -1.85. The zero-order valence-electron chi connectivity index (χ0n) is 27.3. The first-order valence-corrected chi connectivity index (χ1v) is 17.4. The largest absolute Gasteiger partial charge is 0.472 e. The molecule has 0 saturated heterocycles. The Morgan fingerprint density at radius 3 is 1.88 bits per heavy atom. The van der Waals surface area contributed by atoms with E-state index in [1.165, 1.54) is 63.9 Å². The van der Waals surface area contributed by atoms with Gasteiger partial charge in [-0.3, -0.25) is 28.8 Å². The minimum absolute atomic E-state index is 0.0385. The second kappa shape index (κ2) is 24.5. The molecule has 0 heterocycles. The van der Waals surface area contributed by atoms with Gasteiger partial charge < -0.3 is 18.9 Å². The lowest BCUT2D eigenvalue weighted by Crippen LogP contribution is -2.37. The van der Waals surface area contributed by atoms with Gasteiger partial charge in [-0.25, -0.2) is 4.57 Å². The Morgan fingerprint density at radius 2 is 1.40 bits per heavy atom. The number of carbonyl (C=O) groups excluding carboxylic acids is 2. The Kier molecular flexibility index (Phi) is 23.4. The Morgan fingerprint density at radius 1 is 0.860 bits per heavy atom. The molecule has 0 aromatic heterocycles. The molecule has 0 fully saturated rings. The fourth-order valence-electron chi connectivity index (χ4n) is 4.12. The van der Waals surface area contributed by atoms with E-state index in [0.717, 1.165) is 19.3 Å². The van der Waals surface area contributed by atoms with E-state index in [2.05, 4.69) is 6.92 Å². The van der Waals surface area contributed by atoms with E-state index >= 15 is 0 Å². The van der Waals surface area contributed by atoms with E-state index in [4.69, 9.17) is 18.5 Å². The number of allylic oxidation sites excluding steroid dienone is 1. The van der Waals surface area contributed by atoms with Crippen molar-refractivity contribution in [3.63, 3.8) is 0 Å². The van der Waals surface area contributed by atoms with Crippen molar-refractivity contribution in [2.24, 2.45) is 0 Å². The third-order valence-electron chi connectivity index (χ3n) is 6.65. The number of likely N-dealkylation sites (N-methyl/N-ethyl adjacent to an activating group) is 1. The molecule has 0 aliphatic heterocycles. The van der Waals surface area contributed by atoms with Gasteiger partial charge in [0.15, 0.2) is 6.10 Å². The number of esters is 2. The molecular formula is C30H58N2O10P+. The highest BCUT2D eigenvalue weighted by Gasteiger charge is 2.27. The lowest BCUT2D eigenvalue weighted by Gasteiger charge is -2.24. The number of unbranched alkanes of at least 4 members (excludes halogenated alkanes) is 12. The predicted octanol–water partition coefficient (Wildman–Crippen LogP) is 6.72. The van der Waals surface area contributed by atoms with Crippen molar-refractivity contribution in [3.8, 4) is 0 Å². The van der Waals surface area contributed by atoms with Crippen LogP contribution < -0.4 is 0 Å². The molecule has 2 atom stereocenters. The highest BCUT2D eigenvalue weighted by atomic mass is 31.2. The predicted molar refractivity (Wildman–Crippen MR) is 166 cm³/mol. The van der Waals surface area contributed by atoms with Crippen LogP contribution in [0.15, 0.2) is 11.8 Å². The van der Waals surface area contributed by atoms with Crippen molar-refractivity contribution < 1.29 is 47.0 Å². The minimum atomic E-state index is -4.46. The number of rotatable bonds is 28. The van der Waals surface area contributed by atoms with Crippen LogP contribution in [0.1, 0.15) is 117 Å². The normalized spacial score (nSPS) is 14.2. The molecule has 0 radical (unpaired) electrons. The number of hydrogen-bond donors (Lipinski definition) is 1. The number of phosphoric ester groups is 1. The summed E-state index contributed by atoms with van der Waals surface area (Å²) in [5.74, 6) is -1.44. The van der Waals surface area contributed by atoms with Crippen LogP contribution in [-0.2, 0) is 32.7 Å². The number of carbonyl (C=O) groups is 2. The topological polar surface area (TPSA) is 152 Å². The van der Waals surface area contributed by atoms with Crippen molar-refractivity contribution >= 4 is 19.8 Å². The highest BCUT2D eigenvalue weighted by molar-refractivity contribution is 7.47. The van der Waals surface area contributed by atoms with E-state index < -0.39 is 50.4 Å². The van der Waals surface area contributed by atoms with E-state index in [1.54, 1.807) is 6.92 Å². The van der Waals surface area contributed by atoms with Crippen LogP contribution in [-0.4, -0.2) is 79.9 Å².